The average Bonchev–Trinajstić information content (AvgIpc) is 2.97. The molecule has 1 N–H and O–H groups in total. The molecule has 0 aromatic heterocycles. The summed E-state index contributed by atoms with van der Waals surface area (Å²) in [6.07, 6.45) is 40.9. The summed E-state index contributed by atoms with van der Waals surface area (Å²) in [5.41, 5.74) is 0. The van der Waals surface area contributed by atoms with Gasteiger partial charge in [-0.05, 0) is 57.8 Å². The number of rotatable bonds is 34. The largest absolute Gasteiger partial charge is 0.481 e. The molecule has 248 valence electrons. The Morgan fingerprint density at radius 1 is 0.500 bits per heavy atom. The molecule has 4 heteroatoms. The second-order valence-electron chi connectivity index (χ2n) is 12.8. The molecular formula is C38H72O4. The van der Waals surface area contributed by atoms with Gasteiger partial charge >= 0.3 is 11.9 Å². The van der Waals surface area contributed by atoms with E-state index in [0.29, 0.717) is 12.8 Å². The quantitative estimate of drug-likeness (QED) is 0.0458. The van der Waals surface area contributed by atoms with Crippen LogP contribution >= 0.6 is 0 Å². The number of unbranched alkanes of at least 4 members (excludes halogenated alkanes) is 23. The van der Waals surface area contributed by atoms with E-state index in [2.05, 4.69) is 26.0 Å². The molecule has 0 saturated carbocycles. The first-order valence-electron chi connectivity index (χ1n) is 18.7. The van der Waals surface area contributed by atoms with Gasteiger partial charge in [0, 0.05) is 12.8 Å². The Labute approximate surface area is 262 Å². The standard InChI is InChI=1S/C38H72O4/c1-3-5-7-9-11-13-14-19-23-27-31-35-38(41)42-36(32-28-24-20-12-10-8-6-4-2)33-29-25-21-17-15-16-18-22-26-30-34-37(39)40/h9,11,36H,3-8,10,12-35H2,1-2H3,(H,39,40)/b11-9-. The second-order valence-corrected chi connectivity index (χ2v) is 12.8. The Kier molecular flexibility index (Phi) is 33.1. The van der Waals surface area contributed by atoms with Crippen LogP contribution in [-0.4, -0.2) is 23.1 Å². The van der Waals surface area contributed by atoms with Crippen LogP contribution in [0.15, 0.2) is 12.2 Å². The van der Waals surface area contributed by atoms with Gasteiger partial charge in [-0.1, -0.05) is 154 Å². The zero-order valence-corrected chi connectivity index (χ0v) is 28.3. The summed E-state index contributed by atoms with van der Waals surface area (Å²) in [5.74, 6) is -0.644. The number of allylic oxidation sites excluding steroid dienone is 2. The van der Waals surface area contributed by atoms with E-state index in [-0.39, 0.29) is 12.1 Å². The Bertz CT molecular complexity index is 600. The van der Waals surface area contributed by atoms with E-state index < -0.39 is 5.97 Å². The second kappa shape index (κ2) is 34.2. The molecule has 0 aliphatic carbocycles. The fourth-order valence-corrected chi connectivity index (χ4v) is 5.69. The summed E-state index contributed by atoms with van der Waals surface area (Å²) in [6, 6.07) is 0. The van der Waals surface area contributed by atoms with Crippen LogP contribution in [0.25, 0.3) is 0 Å². The van der Waals surface area contributed by atoms with Crippen molar-refractivity contribution in [3.63, 3.8) is 0 Å². The molecule has 4 nitrogen and oxygen atoms in total. The number of aliphatic carboxylic acids is 1. The van der Waals surface area contributed by atoms with E-state index in [0.717, 1.165) is 51.4 Å². The molecule has 1 atom stereocenters. The minimum absolute atomic E-state index is 0.0294. The monoisotopic (exact) mass is 593 g/mol. The van der Waals surface area contributed by atoms with Crippen LogP contribution in [0, 0.1) is 0 Å². The number of carbonyl (C=O) groups excluding carboxylic acids is 1. The van der Waals surface area contributed by atoms with Gasteiger partial charge in [0.1, 0.15) is 6.10 Å². The third-order valence-corrected chi connectivity index (χ3v) is 8.49. The number of hydrogen-bond donors (Lipinski definition) is 1. The fraction of sp³-hybridized carbons (Fsp3) is 0.895. The van der Waals surface area contributed by atoms with Crippen molar-refractivity contribution in [2.45, 2.75) is 219 Å². The lowest BCUT2D eigenvalue weighted by Crippen LogP contribution is -2.18. The number of carboxylic acids is 1. The van der Waals surface area contributed by atoms with E-state index in [1.165, 1.54) is 135 Å². The molecule has 0 aliphatic heterocycles. The van der Waals surface area contributed by atoms with Crippen LogP contribution in [0.2, 0.25) is 0 Å². The maximum Gasteiger partial charge on any atom is 0.306 e. The lowest BCUT2D eigenvalue weighted by molar-refractivity contribution is -0.150. The van der Waals surface area contributed by atoms with Gasteiger partial charge in [0.25, 0.3) is 0 Å². The highest BCUT2D eigenvalue weighted by Gasteiger charge is 2.14. The number of carboxylic acid groups (broad SMARTS) is 1. The van der Waals surface area contributed by atoms with Gasteiger partial charge < -0.3 is 9.84 Å². The number of hydrogen-bond acceptors (Lipinski definition) is 3. The Hall–Kier alpha value is -1.32. The van der Waals surface area contributed by atoms with Gasteiger partial charge in [0.2, 0.25) is 0 Å². The number of esters is 1. The molecule has 0 heterocycles. The highest BCUT2D eigenvalue weighted by molar-refractivity contribution is 5.69. The predicted molar refractivity (Wildman–Crippen MR) is 181 cm³/mol. The zero-order chi connectivity index (χ0) is 30.8. The Balaban J connectivity index is 4.05. The van der Waals surface area contributed by atoms with Crippen molar-refractivity contribution >= 4 is 11.9 Å². The third-order valence-electron chi connectivity index (χ3n) is 8.49. The van der Waals surface area contributed by atoms with Crippen LogP contribution in [-0.2, 0) is 14.3 Å². The van der Waals surface area contributed by atoms with Gasteiger partial charge in [0.05, 0.1) is 0 Å². The zero-order valence-electron chi connectivity index (χ0n) is 28.3. The third kappa shape index (κ3) is 33.2. The van der Waals surface area contributed by atoms with Gasteiger partial charge in [-0.15, -0.1) is 0 Å². The first kappa shape index (κ1) is 40.7. The SMILES string of the molecule is CCCC/C=C\CCCCCCCC(=O)OC(CCCCCCCCCC)CCCCCCCCCCCCC(=O)O. The van der Waals surface area contributed by atoms with E-state index in [9.17, 15) is 9.59 Å². The van der Waals surface area contributed by atoms with Crippen LogP contribution in [0.1, 0.15) is 213 Å². The van der Waals surface area contributed by atoms with E-state index in [4.69, 9.17) is 9.84 Å². The molecule has 0 aromatic carbocycles. The summed E-state index contributed by atoms with van der Waals surface area (Å²) in [7, 11) is 0. The number of carbonyl (C=O) groups is 2. The highest BCUT2D eigenvalue weighted by atomic mass is 16.5. The minimum Gasteiger partial charge on any atom is -0.481 e. The van der Waals surface area contributed by atoms with Crippen LogP contribution in [0.5, 0.6) is 0 Å². The molecule has 0 spiro atoms. The molecule has 0 radical (unpaired) electrons. The van der Waals surface area contributed by atoms with Crippen molar-refractivity contribution in [3.05, 3.63) is 12.2 Å². The van der Waals surface area contributed by atoms with E-state index in [1.54, 1.807) is 0 Å². The number of ether oxygens (including phenoxy) is 1. The van der Waals surface area contributed by atoms with Crippen molar-refractivity contribution < 1.29 is 19.4 Å². The maximum atomic E-state index is 12.6. The van der Waals surface area contributed by atoms with Gasteiger partial charge in [-0.2, -0.15) is 0 Å². The van der Waals surface area contributed by atoms with Gasteiger partial charge in [-0.25, -0.2) is 0 Å². The molecular weight excluding hydrogens is 520 g/mol. The van der Waals surface area contributed by atoms with Crippen LogP contribution in [0.3, 0.4) is 0 Å². The van der Waals surface area contributed by atoms with E-state index >= 15 is 0 Å². The molecule has 0 saturated heterocycles. The van der Waals surface area contributed by atoms with Crippen molar-refractivity contribution in [2.24, 2.45) is 0 Å². The van der Waals surface area contributed by atoms with Crippen LogP contribution in [0.4, 0.5) is 0 Å². The maximum absolute atomic E-state index is 12.6. The van der Waals surface area contributed by atoms with Crippen molar-refractivity contribution in [2.75, 3.05) is 0 Å². The summed E-state index contributed by atoms with van der Waals surface area (Å²) in [4.78, 5) is 23.2. The first-order chi connectivity index (χ1) is 20.6. The molecule has 1 unspecified atom stereocenters. The lowest BCUT2D eigenvalue weighted by Gasteiger charge is -2.18. The fourth-order valence-electron chi connectivity index (χ4n) is 5.69. The van der Waals surface area contributed by atoms with Crippen molar-refractivity contribution in [3.8, 4) is 0 Å². The summed E-state index contributed by atoms with van der Waals surface area (Å²) in [6.45, 7) is 4.51. The Morgan fingerprint density at radius 2 is 0.881 bits per heavy atom. The first-order valence-corrected chi connectivity index (χ1v) is 18.7. The Morgan fingerprint density at radius 3 is 1.36 bits per heavy atom. The summed E-state index contributed by atoms with van der Waals surface area (Å²) < 4.78 is 6.02. The average molecular weight is 593 g/mol. The van der Waals surface area contributed by atoms with E-state index in [1.807, 2.05) is 0 Å². The van der Waals surface area contributed by atoms with Crippen molar-refractivity contribution in [1.82, 2.24) is 0 Å². The summed E-state index contributed by atoms with van der Waals surface area (Å²) in [5, 5.41) is 8.70. The molecule has 0 bridgehead atoms. The highest BCUT2D eigenvalue weighted by Crippen LogP contribution is 2.19. The molecule has 0 amide bonds. The molecule has 0 fully saturated rings. The summed E-state index contributed by atoms with van der Waals surface area (Å²) >= 11 is 0. The smallest absolute Gasteiger partial charge is 0.306 e. The molecule has 0 aromatic rings. The molecule has 0 aliphatic rings. The minimum atomic E-state index is -0.674. The predicted octanol–water partition coefficient (Wildman–Crippen LogP) is 12.7. The van der Waals surface area contributed by atoms with Gasteiger partial charge in [0.15, 0.2) is 0 Å². The molecule has 42 heavy (non-hydrogen) atoms. The normalized spacial score (nSPS) is 12.2. The topological polar surface area (TPSA) is 63.6 Å². The van der Waals surface area contributed by atoms with Crippen molar-refractivity contribution in [1.29, 1.82) is 0 Å². The van der Waals surface area contributed by atoms with Gasteiger partial charge in [-0.3, -0.25) is 9.59 Å². The lowest BCUT2D eigenvalue weighted by atomic mass is 10.0. The molecule has 0 rings (SSSR count). The van der Waals surface area contributed by atoms with Crippen LogP contribution < -0.4 is 0 Å².